The molecule has 1 atom stereocenters. The number of hydrogen-bond acceptors (Lipinski definition) is 3. The van der Waals surface area contributed by atoms with Gasteiger partial charge in [0.2, 0.25) is 0 Å². The highest BCUT2D eigenvalue weighted by atomic mass is 127. The Hall–Kier alpha value is -0.760. The number of hydrogen-bond donors (Lipinski definition) is 1. The van der Waals surface area contributed by atoms with Crippen LogP contribution >= 0.6 is 24.0 Å². The van der Waals surface area contributed by atoms with Crippen LogP contribution in [0.1, 0.15) is 31.1 Å². The summed E-state index contributed by atoms with van der Waals surface area (Å²) in [6.45, 7) is 2.69. The smallest absolute Gasteiger partial charge is 0.191 e. The molecule has 1 fully saturated rings. The van der Waals surface area contributed by atoms with Gasteiger partial charge in [0.25, 0.3) is 0 Å². The van der Waals surface area contributed by atoms with Crippen LogP contribution in [-0.4, -0.2) is 49.5 Å². The highest BCUT2D eigenvalue weighted by Gasteiger charge is 2.18. The second-order valence-electron chi connectivity index (χ2n) is 5.24. The molecule has 20 heavy (non-hydrogen) atoms. The van der Waals surface area contributed by atoms with Crippen molar-refractivity contribution >= 4 is 29.9 Å². The van der Waals surface area contributed by atoms with Gasteiger partial charge in [0.15, 0.2) is 5.96 Å². The SMILES string of the molecule is CN(C)C(CN=C(N)N1CCCCC1)c1ccco1.I. The number of halogens is 1. The van der Waals surface area contributed by atoms with Crippen LogP contribution in [0.5, 0.6) is 0 Å². The van der Waals surface area contributed by atoms with Gasteiger partial charge in [0.1, 0.15) is 5.76 Å². The van der Waals surface area contributed by atoms with Crippen molar-refractivity contribution in [2.75, 3.05) is 33.7 Å². The molecule has 1 unspecified atom stereocenters. The van der Waals surface area contributed by atoms with Gasteiger partial charge in [-0.15, -0.1) is 24.0 Å². The predicted molar refractivity (Wildman–Crippen MR) is 92.5 cm³/mol. The molecule has 2 heterocycles. The van der Waals surface area contributed by atoms with Gasteiger partial charge in [-0.2, -0.15) is 0 Å². The molecule has 1 aromatic rings. The molecule has 0 aliphatic carbocycles. The number of guanidine groups is 1. The molecule has 1 saturated heterocycles. The van der Waals surface area contributed by atoms with E-state index in [4.69, 9.17) is 10.2 Å². The van der Waals surface area contributed by atoms with Gasteiger partial charge in [-0.1, -0.05) is 0 Å². The maximum absolute atomic E-state index is 6.08. The fraction of sp³-hybridized carbons (Fsp3) is 0.643. The van der Waals surface area contributed by atoms with Crippen LogP contribution < -0.4 is 5.73 Å². The number of rotatable bonds is 4. The second-order valence-corrected chi connectivity index (χ2v) is 5.24. The third-order valence-corrected chi connectivity index (χ3v) is 3.60. The molecular weight excluding hydrogens is 367 g/mol. The fourth-order valence-electron chi connectivity index (χ4n) is 2.39. The summed E-state index contributed by atoms with van der Waals surface area (Å²) in [7, 11) is 4.06. The zero-order valence-corrected chi connectivity index (χ0v) is 14.6. The number of nitrogens with zero attached hydrogens (tertiary/aromatic N) is 3. The summed E-state index contributed by atoms with van der Waals surface area (Å²) in [6.07, 6.45) is 5.43. The average Bonchev–Trinajstić information content (AvgIpc) is 2.93. The molecule has 1 aliphatic rings. The van der Waals surface area contributed by atoms with E-state index in [0.29, 0.717) is 12.5 Å². The normalized spacial score (nSPS) is 17.9. The van der Waals surface area contributed by atoms with Crippen LogP contribution in [0.15, 0.2) is 27.8 Å². The van der Waals surface area contributed by atoms with Gasteiger partial charge in [0.05, 0.1) is 18.8 Å². The van der Waals surface area contributed by atoms with Crippen LogP contribution in [0, 0.1) is 0 Å². The molecular formula is C14H25IN4O. The lowest BCUT2D eigenvalue weighted by Crippen LogP contribution is -2.41. The molecule has 0 spiro atoms. The Bertz CT molecular complexity index is 399. The van der Waals surface area contributed by atoms with Crippen molar-refractivity contribution in [3.8, 4) is 0 Å². The van der Waals surface area contributed by atoms with Gasteiger partial charge in [-0.25, -0.2) is 0 Å². The first-order chi connectivity index (χ1) is 9.18. The quantitative estimate of drug-likeness (QED) is 0.486. The molecule has 114 valence electrons. The monoisotopic (exact) mass is 392 g/mol. The van der Waals surface area contributed by atoms with Crippen LogP contribution in [0.25, 0.3) is 0 Å². The van der Waals surface area contributed by atoms with Gasteiger partial charge in [0, 0.05) is 13.1 Å². The Morgan fingerprint density at radius 3 is 2.65 bits per heavy atom. The molecule has 0 amide bonds. The van der Waals surface area contributed by atoms with Crippen molar-refractivity contribution in [2.24, 2.45) is 10.7 Å². The number of furan rings is 1. The summed E-state index contributed by atoms with van der Waals surface area (Å²) in [5.74, 6) is 1.60. The standard InChI is InChI=1S/C14H24N4O.HI/c1-17(2)12(13-7-6-10-19-13)11-16-14(15)18-8-4-3-5-9-18;/h6-7,10,12H,3-5,8-9,11H2,1-2H3,(H2,15,16);1H. The van der Waals surface area contributed by atoms with E-state index in [1.807, 2.05) is 26.2 Å². The lowest BCUT2D eigenvalue weighted by Gasteiger charge is -2.28. The molecule has 2 rings (SSSR count). The minimum absolute atomic E-state index is 0. The van der Waals surface area contributed by atoms with Crippen LogP contribution in [0.3, 0.4) is 0 Å². The molecule has 6 heteroatoms. The van der Waals surface area contributed by atoms with E-state index in [1.54, 1.807) is 6.26 Å². The maximum atomic E-state index is 6.08. The predicted octanol–water partition coefficient (Wildman–Crippen LogP) is 2.30. The molecule has 0 saturated carbocycles. The van der Waals surface area contributed by atoms with E-state index >= 15 is 0 Å². The van der Waals surface area contributed by atoms with Gasteiger partial charge < -0.3 is 15.1 Å². The number of likely N-dealkylation sites (tertiary alicyclic amines) is 1. The summed E-state index contributed by atoms with van der Waals surface area (Å²) >= 11 is 0. The zero-order valence-electron chi connectivity index (χ0n) is 12.3. The first-order valence-corrected chi connectivity index (χ1v) is 6.93. The highest BCUT2D eigenvalue weighted by Crippen LogP contribution is 2.19. The molecule has 0 bridgehead atoms. The van der Waals surface area contributed by atoms with Crippen molar-refractivity contribution in [2.45, 2.75) is 25.3 Å². The van der Waals surface area contributed by atoms with Crippen LogP contribution in [0.4, 0.5) is 0 Å². The third kappa shape index (κ3) is 4.66. The number of piperidine rings is 1. The van der Waals surface area contributed by atoms with Crippen molar-refractivity contribution < 1.29 is 4.42 Å². The highest BCUT2D eigenvalue weighted by molar-refractivity contribution is 14.0. The second kappa shape index (κ2) is 8.51. The van der Waals surface area contributed by atoms with Crippen molar-refractivity contribution in [1.82, 2.24) is 9.80 Å². The molecule has 2 N–H and O–H groups in total. The first-order valence-electron chi connectivity index (χ1n) is 6.93. The Morgan fingerprint density at radius 2 is 2.10 bits per heavy atom. The Labute approximate surface area is 138 Å². The molecule has 0 aromatic carbocycles. The van der Waals surface area contributed by atoms with E-state index in [2.05, 4.69) is 14.8 Å². The van der Waals surface area contributed by atoms with Crippen molar-refractivity contribution in [3.05, 3.63) is 24.2 Å². The van der Waals surface area contributed by atoms with Gasteiger partial charge >= 0.3 is 0 Å². The minimum Gasteiger partial charge on any atom is -0.468 e. The van der Waals surface area contributed by atoms with Crippen LogP contribution in [-0.2, 0) is 0 Å². The lowest BCUT2D eigenvalue weighted by atomic mass is 10.1. The maximum Gasteiger partial charge on any atom is 0.191 e. The van der Waals surface area contributed by atoms with Crippen LogP contribution in [0.2, 0.25) is 0 Å². The summed E-state index contributed by atoms with van der Waals surface area (Å²) < 4.78 is 5.47. The summed E-state index contributed by atoms with van der Waals surface area (Å²) in [6, 6.07) is 4.03. The van der Waals surface area contributed by atoms with Gasteiger partial charge in [-0.3, -0.25) is 9.89 Å². The number of aliphatic imine (C=N–C) groups is 1. The van der Waals surface area contributed by atoms with E-state index in [1.165, 1.54) is 19.3 Å². The Kier molecular flexibility index (Phi) is 7.36. The van der Waals surface area contributed by atoms with Crippen molar-refractivity contribution in [3.63, 3.8) is 0 Å². The third-order valence-electron chi connectivity index (χ3n) is 3.60. The topological polar surface area (TPSA) is 58.0 Å². The number of nitrogens with two attached hydrogens (primary N) is 1. The largest absolute Gasteiger partial charge is 0.468 e. The van der Waals surface area contributed by atoms with E-state index < -0.39 is 0 Å². The zero-order chi connectivity index (χ0) is 13.7. The number of likely N-dealkylation sites (N-methyl/N-ethyl adjacent to an activating group) is 1. The van der Waals surface area contributed by atoms with E-state index in [0.717, 1.165) is 18.8 Å². The fourth-order valence-corrected chi connectivity index (χ4v) is 2.39. The van der Waals surface area contributed by atoms with Gasteiger partial charge in [-0.05, 0) is 45.5 Å². The Morgan fingerprint density at radius 1 is 1.40 bits per heavy atom. The Balaban J connectivity index is 0.00000200. The molecule has 5 nitrogen and oxygen atoms in total. The summed E-state index contributed by atoms with van der Waals surface area (Å²) in [5.41, 5.74) is 6.08. The minimum atomic E-state index is 0. The summed E-state index contributed by atoms with van der Waals surface area (Å²) in [4.78, 5) is 8.83. The molecule has 1 aromatic heterocycles. The lowest BCUT2D eigenvalue weighted by molar-refractivity contribution is 0.263. The average molecular weight is 392 g/mol. The van der Waals surface area contributed by atoms with Crippen molar-refractivity contribution in [1.29, 1.82) is 0 Å². The molecule has 0 radical (unpaired) electrons. The van der Waals surface area contributed by atoms with E-state index in [9.17, 15) is 0 Å². The van der Waals surface area contributed by atoms with E-state index in [-0.39, 0.29) is 30.0 Å². The summed E-state index contributed by atoms with van der Waals surface area (Å²) in [5, 5.41) is 0. The molecule has 1 aliphatic heterocycles. The first kappa shape index (κ1) is 17.3.